The molecule has 4 aromatic carbocycles. The van der Waals surface area contributed by atoms with Gasteiger partial charge in [0.25, 0.3) is 0 Å². The average molecular weight is 477 g/mol. The minimum Gasteiger partial charge on any atom is -0.399 e. The van der Waals surface area contributed by atoms with Gasteiger partial charge in [-0.05, 0) is 102 Å². The predicted octanol–water partition coefficient (Wildman–Crippen LogP) is 8.15. The molecule has 0 saturated heterocycles. The van der Waals surface area contributed by atoms with Crippen molar-refractivity contribution < 1.29 is 0 Å². The Morgan fingerprint density at radius 3 is 1.39 bits per heavy atom. The second-order valence-electron chi connectivity index (χ2n) is 10.6. The van der Waals surface area contributed by atoms with Crippen LogP contribution in [0.3, 0.4) is 0 Å². The molecule has 0 atom stereocenters. The van der Waals surface area contributed by atoms with Gasteiger partial charge in [0.2, 0.25) is 0 Å². The molecule has 0 bridgehead atoms. The Labute approximate surface area is 217 Å². The zero-order valence-electron chi connectivity index (χ0n) is 22.3. The summed E-state index contributed by atoms with van der Waals surface area (Å²) < 4.78 is 0. The highest BCUT2D eigenvalue weighted by molar-refractivity contribution is 5.48. The molecule has 4 aromatic rings. The molecule has 4 N–H and O–H groups in total. The van der Waals surface area contributed by atoms with Crippen LogP contribution in [0.15, 0.2) is 84.9 Å². The third-order valence-electron chi connectivity index (χ3n) is 7.73. The molecule has 0 radical (unpaired) electrons. The molecule has 0 amide bonds. The first-order valence-electron chi connectivity index (χ1n) is 13.2. The molecule has 0 aliphatic rings. The summed E-state index contributed by atoms with van der Waals surface area (Å²) in [5, 5.41) is 0. The van der Waals surface area contributed by atoms with Gasteiger partial charge in [-0.15, -0.1) is 0 Å². The van der Waals surface area contributed by atoms with Crippen LogP contribution in [0.1, 0.15) is 77.6 Å². The third kappa shape index (κ3) is 5.82. The molecule has 186 valence electrons. The molecule has 0 unspecified atom stereocenters. The number of hydrogen-bond donors (Lipinski definition) is 2. The van der Waals surface area contributed by atoms with Crippen molar-refractivity contribution in [3.63, 3.8) is 0 Å². The van der Waals surface area contributed by atoms with E-state index in [2.05, 4.69) is 100 Å². The maximum atomic E-state index is 5.94. The van der Waals surface area contributed by atoms with Gasteiger partial charge in [0.05, 0.1) is 0 Å². The van der Waals surface area contributed by atoms with E-state index in [4.69, 9.17) is 11.5 Å². The molecule has 0 fully saturated rings. The van der Waals surface area contributed by atoms with Gasteiger partial charge in [-0.3, -0.25) is 0 Å². The van der Waals surface area contributed by atoms with Crippen LogP contribution in [0, 0.1) is 13.8 Å². The Morgan fingerprint density at radius 1 is 0.611 bits per heavy atom. The first-order valence-corrected chi connectivity index (χ1v) is 13.2. The minimum atomic E-state index is -0.0126. The van der Waals surface area contributed by atoms with E-state index in [1.165, 1.54) is 57.3 Å². The zero-order valence-corrected chi connectivity index (χ0v) is 22.3. The van der Waals surface area contributed by atoms with Crippen LogP contribution in [0.4, 0.5) is 11.4 Å². The number of hydrogen-bond acceptors (Lipinski definition) is 2. The van der Waals surface area contributed by atoms with Gasteiger partial charge in [-0.25, -0.2) is 0 Å². The highest BCUT2D eigenvalue weighted by Gasteiger charge is 2.28. The lowest BCUT2D eigenvalue weighted by molar-refractivity contribution is 0.493. The summed E-state index contributed by atoms with van der Waals surface area (Å²) in [5.41, 5.74) is 24.1. The van der Waals surface area contributed by atoms with Crippen molar-refractivity contribution in [1.82, 2.24) is 0 Å². The van der Waals surface area contributed by atoms with Crippen molar-refractivity contribution in [1.29, 1.82) is 0 Å². The maximum absolute atomic E-state index is 5.94. The SMILES string of the molecule is CCCCC(C)(c1ccc(Cc2ccc(N)cc2C)cc1)c1ccc(Cc2ccc(N)cc2C)cc1. The fourth-order valence-corrected chi connectivity index (χ4v) is 5.24. The van der Waals surface area contributed by atoms with Crippen molar-refractivity contribution in [3.05, 3.63) is 129 Å². The van der Waals surface area contributed by atoms with Crippen LogP contribution in [0.2, 0.25) is 0 Å². The number of nitrogens with two attached hydrogens (primary N) is 2. The van der Waals surface area contributed by atoms with E-state index < -0.39 is 0 Å². The van der Waals surface area contributed by atoms with Gasteiger partial charge in [0.15, 0.2) is 0 Å². The molecule has 0 aromatic heterocycles. The molecule has 0 aliphatic carbocycles. The Morgan fingerprint density at radius 2 is 1.03 bits per heavy atom. The van der Waals surface area contributed by atoms with Crippen LogP contribution >= 0.6 is 0 Å². The predicted molar refractivity (Wildman–Crippen MR) is 156 cm³/mol. The summed E-state index contributed by atoms with van der Waals surface area (Å²) in [7, 11) is 0. The molecule has 4 rings (SSSR count). The van der Waals surface area contributed by atoms with Crippen LogP contribution < -0.4 is 11.5 Å². The first-order chi connectivity index (χ1) is 17.3. The molecule has 0 saturated carbocycles. The van der Waals surface area contributed by atoms with E-state index in [1.54, 1.807) is 0 Å². The van der Waals surface area contributed by atoms with Gasteiger partial charge in [0.1, 0.15) is 0 Å². The topological polar surface area (TPSA) is 52.0 Å². The van der Waals surface area contributed by atoms with Crippen molar-refractivity contribution in [2.75, 3.05) is 11.5 Å². The number of benzene rings is 4. The molecule has 0 aliphatic heterocycles. The number of rotatable bonds is 9. The van der Waals surface area contributed by atoms with Crippen molar-refractivity contribution >= 4 is 11.4 Å². The van der Waals surface area contributed by atoms with E-state index in [0.29, 0.717) is 0 Å². The number of anilines is 2. The Bertz CT molecular complexity index is 1200. The summed E-state index contributed by atoms with van der Waals surface area (Å²) in [5.74, 6) is 0. The van der Waals surface area contributed by atoms with Crippen molar-refractivity contribution in [2.45, 2.75) is 65.2 Å². The number of unbranched alkanes of at least 4 members (excludes halogenated alkanes) is 1. The van der Waals surface area contributed by atoms with Gasteiger partial charge in [-0.2, -0.15) is 0 Å². The number of nitrogen functional groups attached to an aromatic ring is 2. The normalized spacial score (nSPS) is 11.6. The summed E-state index contributed by atoms with van der Waals surface area (Å²) in [6, 6.07) is 31.0. The van der Waals surface area contributed by atoms with Crippen molar-refractivity contribution in [2.24, 2.45) is 0 Å². The van der Waals surface area contributed by atoms with Crippen LogP contribution in [0.5, 0.6) is 0 Å². The number of aryl methyl sites for hydroxylation is 2. The van der Waals surface area contributed by atoms with E-state index in [0.717, 1.165) is 30.6 Å². The molecular formula is C34H40N2. The van der Waals surface area contributed by atoms with E-state index in [9.17, 15) is 0 Å². The Kier molecular flexibility index (Phi) is 7.84. The summed E-state index contributed by atoms with van der Waals surface area (Å²) in [6.45, 7) is 8.96. The lowest BCUT2D eigenvalue weighted by atomic mass is 9.72. The quantitative estimate of drug-likeness (QED) is 0.239. The zero-order chi connectivity index (χ0) is 25.7. The fraction of sp³-hybridized carbons (Fsp3) is 0.294. The van der Waals surface area contributed by atoms with E-state index in [1.807, 2.05) is 12.1 Å². The Balaban J connectivity index is 1.56. The lowest BCUT2D eigenvalue weighted by Gasteiger charge is -2.31. The monoisotopic (exact) mass is 476 g/mol. The third-order valence-corrected chi connectivity index (χ3v) is 7.73. The standard InChI is InChI=1S/C34H40N2/c1-5-6-19-34(4,30-13-7-26(8-14-30)22-28-11-17-32(35)20-24(28)2)31-15-9-27(10-16-31)23-29-12-18-33(36)21-25(29)3/h7-18,20-21H,5-6,19,22-23,35-36H2,1-4H3. The maximum Gasteiger partial charge on any atom is 0.0316 e. The highest BCUT2D eigenvalue weighted by atomic mass is 14.5. The molecule has 0 spiro atoms. The van der Waals surface area contributed by atoms with Gasteiger partial charge in [0, 0.05) is 16.8 Å². The molecule has 2 heteroatoms. The second kappa shape index (κ2) is 11.0. The summed E-state index contributed by atoms with van der Waals surface area (Å²) in [6.07, 6.45) is 5.39. The van der Waals surface area contributed by atoms with E-state index in [-0.39, 0.29) is 5.41 Å². The molecular weight excluding hydrogens is 436 g/mol. The minimum absolute atomic E-state index is 0.0126. The van der Waals surface area contributed by atoms with Crippen LogP contribution in [0.25, 0.3) is 0 Å². The average Bonchev–Trinajstić information content (AvgIpc) is 2.87. The van der Waals surface area contributed by atoms with Gasteiger partial charge < -0.3 is 11.5 Å². The Hall–Kier alpha value is -3.52. The van der Waals surface area contributed by atoms with E-state index >= 15 is 0 Å². The van der Waals surface area contributed by atoms with Gasteiger partial charge in [-0.1, -0.05) is 87.4 Å². The largest absolute Gasteiger partial charge is 0.399 e. The van der Waals surface area contributed by atoms with Crippen molar-refractivity contribution in [3.8, 4) is 0 Å². The fourth-order valence-electron chi connectivity index (χ4n) is 5.24. The van der Waals surface area contributed by atoms with Gasteiger partial charge >= 0.3 is 0 Å². The summed E-state index contributed by atoms with van der Waals surface area (Å²) in [4.78, 5) is 0. The highest BCUT2D eigenvalue weighted by Crippen LogP contribution is 2.37. The first kappa shape index (κ1) is 25.6. The smallest absolute Gasteiger partial charge is 0.0316 e. The second-order valence-corrected chi connectivity index (χ2v) is 10.6. The molecule has 36 heavy (non-hydrogen) atoms. The lowest BCUT2D eigenvalue weighted by Crippen LogP contribution is -2.23. The van der Waals surface area contributed by atoms with Crippen LogP contribution in [-0.4, -0.2) is 0 Å². The summed E-state index contributed by atoms with van der Waals surface area (Å²) >= 11 is 0. The molecule has 2 nitrogen and oxygen atoms in total. The van der Waals surface area contributed by atoms with Crippen LogP contribution in [-0.2, 0) is 18.3 Å². The molecule has 0 heterocycles.